The van der Waals surface area contributed by atoms with Gasteiger partial charge in [0.25, 0.3) is 0 Å². The van der Waals surface area contributed by atoms with Gasteiger partial charge in [-0.25, -0.2) is 0 Å². The summed E-state index contributed by atoms with van der Waals surface area (Å²) in [5.74, 6) is 0. The third-order valence-electron chi connectivity index (χ3n) is 3.43. The molecule has 94 valence electrons. The fourth-order valence-electron chi connectivity index (χ4n) is 2.56. The molecule has 2 heteroatoms. The van der Waals surface area contributed by atoms with E-state index < -0.39 is 0 Å². The summed E-state index contributed by atoms with van der Waals surface area (Å²) in [5, 5.41) is 3.66. The summed E-state index contributed by atoms with van der Waals surface area (Å²) >= 11 is 0. The fraction of sp³-hybridized carbons (Fsp3) is 0.600. The van der Waals surface area contributed by atoms with Crippen LogP contribution in [0.1, 0.15) is 43.4 Å². The van der Waals surface area contributed by atoms with Crippen LogP contribution in [0.15, 0.2) is 24.3 Å². The first-order chi connectivity index (χ1) is 8.42. The third kappa shape index (κ3) is 3.55. The minimum Gasteiger partial charge on any atom is -0.382 e. The Kier molecular flexibility index (Phi) is 5.02. The average molecular weight is 233 g/mol. The maximum absolute atomic E-state index is 5.35. The molecule has 0 saturated carbocycles. The van der Waals surface area contributed by atoms with Gasteiger partial charge in [-0.1, -0.05) is 24.3 Å². The number of fused-ring (bicyclic) bond motifs is 1. The Bertz CT molecular complexity index is 337. The number of aryl methyl sites for hydroxylation is 1. The van der Waals surface area contributed by atoms with E-state index in [4.69, 9.17) is 4.74 Å². The molecule has 0 bridgehead atoms. The number of ether oxygens (including phenoxy) is 1. The maximum atomic E-state index is 5.35. The summed E-state index contributed by atoms with van der Waals surface area (Å²) in [4.78, 5) is 0. The Labute approximate surface area is 104 Å². The predicted octanol–water partition coefficient (Wildman–Crippen LogP) is 3.08. The SMILES string of the molecule is CCOCCCNC1CCCc2ccccc21. The molecule has 1 aromatic rings. The lowest BCUT2D eigenvalue weighted by molar-refractivity contribution is 0.144. The molecule has 1 aliphatic rings. The molecule has 0 radical (unpaired) electrons. The maximum Gasteiger partial charge on any atom is 0.0477 e. The second-order valence-corrected chi connectivity index (χ2v) is 4.65. The summed E-state index contributed by atoms with van der Waals surface area (Å²) < 4.78 is 5.35. The molecule has 1 atom stereocenters. The van der Waals surface area contributed by atoms with Crippen molar-refractivity contribution in [3.8, 4) is 0 Å². The van der Waals surface area contributed by atoms with Gasteiger partial charge in [-0.3, -0.25) is 0 Å². The molecular weight excluding hydrogens is 210 g/mol. The van der Waals surface area contributed by atoms with Gasteiger partial charge in [0.15, 0.2) is 0 Å². The summed E-state index contributed by atoms with van der Waals surface area (Å²) in [6.07, 6.45) is 4.92. The quantitative estimate of drug-likeness (QED) is 0.762. The lowest BCUT2D eigenvalue weighted by Crippen LogP contribution is -2.26. The topological polar surface area (TPSA) is 21.3 Å². The Morgan fingerprint density at radius 1 is 1.35 bits per heavy atom. The van der Waals surface area contributed by atoms with Crippen molar-refractivity contribution in [2.45, 2.75) is 38.6 Å². The fourth-order valence-corrected chi connectivity index (χ4v) is 2.56. The highest BCUT2D eigenvalue weighted by molar-refractivity contribution is 5.32. The van der Waals surface area contributed by atoms with Crippen molar-refractivity contribution in [2.75, 3.05) is 19.8 Å². The van der Waals surface area contributed by atoms with Crippen molar-refractivity contribution in [2.24, 2.45) is 0 Å². The van der Waals surface area contributed by atoms with E-state index in [2.05, 4.69) is 29.6 Å². The minimum absolute atomic E-state index is 0.557. The second-order valence-electron chi connectivity index (χ2n) is 4.65. The van der Waals surface area contributed by atoms with E-state index in [1.54, 1.807) is 0 Å². The molecule has 0 fully saturated rings. The monoisotopic (exact) mass is 233 g/mol. The summed E-state index contributed by atoms with van der Waals surface area (Å²) in [6, 6.07) is 9.40. The second kappa shape index (κ2) is 6.77. The van der Waals surface area contributed by atoms with Gasteiger partial charge in [-0.15, -0.1) is 0 Å². The van der Waals surface area contributed by atoms with Gasteiger partial charge in [0.2, 0.25) is 0 Å². The van der Waals surface area contributed by atoms with Crippen LogP contribution in [-0.4, -0.2) is 19.8 Å². The molecule has 0 heterocycles. The van der Waals surface area contributed by atoms with Crippen LogP contribution in [0.5, 0.6) is 0 Å². The largest absolute Gasteiger partial charge is 0.382 e. The van der Waals surface area contributed by atoms with Gasteiger partial charge in [-0.05, 0) is 50.3 Å². The zero-order valence-electron chi connectivity index (χ0n) is 10.7. The lowest BCUT2D eigenvalue weighted by atomic mass is 9.88. The Morgan fingerprint density at radius 2 is 2.24 bits per heavy atom. The Balaban J connectivity index is 1.82. The highest BCUT2D eigenvalue weighted by atomic mass is 16.5. The van der Waals surface area contributed by atoms with Crippen molar-refractivity contribution in [3.63, 3.8) is 0 Å². The summed E-state index contributed by atoms with van der Waals surface area (Å²) in [6.45, 7) is 4.80. The number of benzene rings is 1. The van der Waals surface area contributed by atoms with Gasteiger partial charge >= 0.3 is 0 Å². The number of hydrogen-bond acceptors (Lipinski definition) is 2. The Morgan fingerprint density at radius 3 is 3.12 bits per heavy atom. The molecule has 1 unspecified atom stereocenters. The number of hydrogen-bond donors (Lipinski definition) is 1. The van der Waals surface area contributed by atoms with E-state index in [0.717, 1.165) is 26.2 Å². The van der Waals surface area contributed by atoms with Crippen LogP contribution in [0.25, 0.3) is 0 Å². The molecule has 0 saturated heterocycles. The van der Waals surface area contributed by atoms with Crippen LogP contribution in [0.2, 0.25) is 0 Å². The Hall–Kier alpha value is -0.860. The molecule has 1 N–H and O–H groups in total. The van der Waals surface area contributed by atoms with Crippen molar-refractivity contribution >= 4 is 0 Å². The van der Waals surface area contributed by atoms with Gasteiger partial charge in [0.1, 0.15) is 0 Å². The van der Waals surface area contributed by atoms with Crippen molar-refractivity contribution < 1.29 is 4.74 Å². The van der Waals surface area contributed by atoms with E-state index >= 15 is 0 Å². The molecule has 2 rings (SSSR count). The first-order valence-electron chi connectivity index (χ1n) is 6.80. The van der Waals surface area contributed by atoms with Crippen molar-refractivity contribution in [1.82, 2.24) is 5.32 Å². The van der Waals surface area contributed by atoms with Gasteiger partial charge in [0, 0.05) is 19.3 Å². The van der Waals surface area contributed by atoms with Crippen molar-refractivity contribution in [1.29, 1.82) is 0 Å². The molecule has 1 aliphatic carbocycles. The first kappa shape index (κ1) is 12.6. The van der Waals surface area contributed by atoms with Crippen LogP contribution in [0.4, 0.5) is 0 Å². The molecule has 1 aromatic carbocycles. The van der Waals surface area contributed by atoms with E-state index in [-0.39, 0.29) is 0 Å². The van der Waals surface area contributed by atoms with Crippen LogP contribution in [-0.2, 0) is 11.2 Å². The van der Waals surface area contributed by atoms with Crippen LogP contribution < -0.4 is 5.32 Å². The smallest absolute Gasteiger partial charge is 0.0477 e. The lowest BCUT2D eigenvalue weighted by Gasteiger charge is -2.26. The third-order valence-corrected chi connectivity index (χ3v) is 3.43. The van der Waals surface area contributed by atoms with Gasteiger partial charge < -0.3 is 10.1 Å². The highest BCUT2D eigenvalue weighted by Gasteiger charge is 2.18. The number of rotatable bonds is 6. The zero-order chi connectivity index (χ0) is 11.9. The standard InChI is InChI=1S/C15H23NO/c1-2-17-12-6-11-16-15-10-5-8-13-7-3-4-9-14(13)15/h3-4,7,9,15-16H,2,5-6,8,10-12H2,1H3. The zero-order valence-corrected chi connectivity index (χ0v) is 10.7. The first-order valence-corrected chi connectivity index (χ1v) is 6.80. The van der Waals surface area contributed by atoms with E-state index in [1.807, 2.05) is 6.92 Å². The van der Waals surface area contributed by atoms with E-state index in [9.17, 15) is 0 Å². The van der Waals surface area contributed by atoms with Gasteiger partial charge in [0.05, 0.1) is 0 Å². The molecule has 0 aliphatic heterocycles. The van der Waals surface area contributed by atoms with Crippen LogP contribution in [0.3, 0.4) is 0 Å². The highest BCUT2D eigenvalue weighted by Crippen LogP contribution is 2.29. The van der Waals surface area contributed by atoms with E-state index in [1.165, 1.54) is 30.4 Å². The molecule has 0 aromatic heterocycles. The summed E-state index contributed by atoms with van der Waals surface area (Å²) in [5.41, 5.74) is 3.04. The van der Waals surface area contributed by atoms with E-state index in [0.29, 0.717) is 6.04 Å². The van der Waals surface area contributed by atoms with Crippen LogP contribution >= 0.6 is 0 Å². The normalized spacial score (nSPS) is 19.0. The molecular formula is C15H23NO. The van der Waals surface area contributed by atoms with Crippen LogP contribution in [0, 0.1) is 0 Å². The molecule has 2 nitrogen and oxygen atoms in total. The predicted molar refractivity (Wildman–Crippen MR) is 71.2 cm³/mol. The number of nitrogens with one attached hydrogen (secondary N) is 1. The summed E-state index contributed by atoms with van der Waals surface area (Å²) in [7, 11) is 0. The molecule has 0 amide bonds. The minimum atomic E-state index is 0.557. The molecule has 0 spiro atoms. The average Bonchev–Trinajstić information content (AvgIpc) is 2.39. The molecule has 17 heavy (non-hydrogen) atoms. The van der Waals surface area contributed by atoms with Gasteiger partial charge in [-0.2, -0.15) is 0 Å². The van der Waals surface area contributed by atoms with Crippen molar-refractivity contribution in [3.05, 3.63) is 35.4 Å².